The Bertz CT molecular complexity index is 1880. The number of aliphatic hydroxyl groups is 2. The first-order chi connectivity index (χ1) is 27.1. The Morgan fingerprint density at radius 2 is 1.74 bits per heavy atom. The van der Waals surface area contributed by atoms with Crippen LogP contribution in [0.4, 0.5) is 5.82 Å². The number of nitrogens with zero attached hydrogens (tertiary/aromatic N) is 4. The number of rotatable bonds is 25. The molecule has 3 rings (SSSR count). The highest BCUT2D eigenvalue weighted by Gasteiger charge is 2.50. The molecular weight excluding hydrogens is 855 g/mol. The number of carbonyl (C=O) groups excluding carboxylic acids is 3. The third kappa shape index (κ3) is 16.1. The maximum absolute atomic E-state index is 12.7. The van der Waals surface area contributed by atoms with Gasteiger partial charge in [0.15, 0.2) is 22.8 Å². The minimum atomic E-state index is -5.57. The van der Waals surface area contributed by atoms with E-state index < -0.39 is 84.6 Å². The lowest BCUT2D eigenvalue weighted by atomic mass is 9.87. The number of allylic oxidation sites excluding steroid dienone is 2. The van der Waals surface area contributed by atoms with Gasteiger partial charge in [-0.2, -0.15) is 4.31 Å². The van der Waals surface area contributed by atoms with Crippen LogP contribution < -0.4 is 16.4 Å². The second-order valence-electron chi connectivity index (χ2n) is 13.4. The Morgan fingerprint density at radius 3 is 2.43 bits per heavy atom. The van der Waals surface area contributed by atoms with Crippen molar-refractivity contribution in [1.29, 1.82) is 0 Å². The minimum absolute atomic E-state index is 0.0316. The molecule has 1 aliphatic heterocycles. The lowest BCUT2D eigenvalue weighted by molar-refractivity contribution is -0.137. The summed E-state index contributed by atoms with van der Waals surface area (Å²) in [5.41, 5.74) is 4.27. The lowest BCUT2D eigenvalue weighted by Gasteiger charge is -2.30. The molecule has 328 valence electrons. The van der Waals surface area contributed by atoms with E-state index in [2.05, 4.69) is 46.6 Å². The summed E-state index contributed by atoms with van der Waals surface area (Å²) in [5.74, 6) is -1.06. The number of phosphoric acid groups is 3. The van der Waals surface area contributed by atoms with Gasteiger partial charge in [0.2, 0.25) is 11.8 Å². The summed E-state index contributed by atoms with van der Waals surface area (Å²) >= 11 is 1.12. The van der Waals surface area contributed by atoms with Crippen LogP contribution in [0.5, 0.6) is 0 Å². The number of thioether (sulfide) groups is 1. The number of fused-ring (bicyclic) bond motifs is 1. The number of hydrogen-bond acceptors (Lipinski definition) is 18. The molecule has 0 bridgehead atoms. The molecule has 58 heavy (non-hydrogen) atoms. The van der Waals surface area contributed by atoms with E-state index in [0.29, 0.717) is 12.2 Å². The van der Waals surface area contributed by atoms with E-state index in [1.807, 2.05) is 6.92 Å². The van der Waals surface area contributed by atoms with Gasteiger partial charge in [0, 0.05) is 37.1 Å². The van der Waals surface area contributed by atoms with Gasteiger partial charge in [-0.25, -0.2) is 28.6 Å². The molecule has 10 N–H and O–H groups in total. The molecule has 0 saturated carbocycles. The molecule has 0 aliphatic carbocycles. The maximum atomic E-state index is 12.7. The first kappa shape index (κ1) is 49.7. The van der Waals surface area contributed by atoms with E-state index >= 15 is 0 Å². The average Bonchev–Trinajstić information content (AvgIpc) is 3.69. The zero-order valence-corrected chi connectivity index (χ0v) is 35.3. The fourth-order valence-corrected chi connectivity index (χ4v) is 8.73. The zero-order valence-electron chi connectivity index (χ0n) is 31.8. The molecule has 1 fully saturated rings. The average molecular weight is 906 g/mol. The normalized spacial score (nSPS) is 21.5. The summed E-state index contributed by atoms with van der Waals surface area (Å²) in [6.45, 7) is 2.59. The topological polar surface area (TPSA) is 364 Å². The summed E-state index contributed by atoms with van der Waals surface area (Å²) in [5, 5.41) is 26.5. The van der Waals surface area contributed by atoms with Gasteiger partial charge in [-0.3, -0.25) is 32.5 Å². The third-order valence-corrected chi connectivity index (χ3v) is 12.2. The monoisotopic (exact) mass is 905 g/mol. The summed E-state index contributed by atoms with van der Waals surface area (Å²) in [7, 11) is -16.4. The number of amides is 2. The van der Waals surface area contributed by atoms with Crippen LogP contribution in [0.15, 0.2) is 24.8 Å². The number of aliphatic hydroxyl groups excluding tert-OH is 2. The van der Waals surface area contributed by atoms with Crippen molar-refractivity contribution in [2.24, 2.45) is 5.41 Å². The van der Waals surface area contributed by atoms with Crippen molar-refractivity contribution in [3.8, 4) is 0 Å². The molecule has 7 unspecified atom stereocenters. The van der Waals surface area contributed by atoms with Crippen LogP contribution in [0.2, 0.25) is 0 Å². The largest absolute Gasteiger partial charge is 0.481 e. The van der Waals surface area contributed by atoms with Gasteiger partial charge in [-0.15, -0.1) is 0 Å². The first-order valence-electron chi connectivity index (χ1n) is 17.8. The fraction of sp³-hybridized carbons (Fsp3) is 0.667. The van der Waals surface area contributed by atoms with Gasteiger partial charge < -0.3 is 50.9 Å². The number of aromatic nitrogens is 4. The van der Waals surface area contributed by atoms with E-state index in [4.69, 9.17) is 19.5 Å². The molecule has 0 radical (unpaired) electrons. The van der Waals surface area contributed by atoms with Crippen molar-refractivity contribution in [3.63, 3.8) is 0 Å². The van der Waals surface area contributed by atoms with Crippen molar-refractivity contribution < 1.29 is 80.5 Å². The van der Waals surface area contributed by atoms with Crippen molar-refractivity contribution >= 4 is 69.1 Å². The Kier molecular flexibility index (Phi) is 19.0. The van der Waals surface area contributed by atoms with Gasteiger partial charge in [0.05, 0.1) is 19.5 Å². The number of hydrogen-bond donors (Lipinski definition) is 9. The second kappa shape index (κ2) is 22.2. The summed E-state index contributed by atoms with van der Waals surface area (Å²) in [6.07, 6.45) is 1.32. The first-order valence-corrected chi connectivity index (χ1v) is 23.3. The minimum Gasteiger partial charge on any atom is -0.386 e. The molecule has 0 spiro atoms. The molecule has 2 aromatic heterocycles. The molecule has 24 nitrogen and oxygen atoms in total. The van der Waals surface area contributed by atoms with E-state index in [0.717, 1.165) is 54.7 Å². The quantitative estimate of drug-likeness (QED) is 0.0384. The van der Waals surface area contributed by atoms with Crippen LogP contribution in [0.1, 0.15) is 65.5 Å². The predicted octanol–water partition coefficient (Wildman–Crippen LogP) is 1.19. The number of anilines is 1. The number of unbranched alkanes of at least 4 members (excludes halogenated alkanes) is 2. The number of nitrogen functional groups attached to an aromatic ring is 1. The molecular formula is C30H50N7O17P3S. The molecule has 28 heteroatoms. The highest BCUT2D eigenvalue weighted by atomic mass is 32.2. The van der Waals surface area contributed by atoms with Crippen molar-refractivity contribution in [1.82, 2.24) is 30.2 Å². The predicted molar refractivity (Wildman–Crippen MR) is 205 cm³/mol. The van der Waals surface area contributed by atoms with Crippen LogP contribution in [0, 0.1) is 5.41 Å². The number of ether oxygens (including phenoxy) is 1. The van der Waals surface area contributed by atoms with Gasteiger partial charge in [0.25, 0.3) is 0 Å². The van der Waals surface area contributed by atoms with Crippen molar-refractivity contribution in [2.75, 3.05) is 37.8 Å². The Morgan fingerprint density at radius 1 is 1.03 bits per heavy atom. The summed E-state index contributed by atoms with van der Waals surface area (Å²) < 4.78 is 62.2. The van der Waals surface area contributed by atoms with E-state index in [-0.39, 0.29) is 41.6 Å². The zero-order chi connectivity index (χ0) is 43.3. The maximum Gasteiger partial charge on any atom is 0.481 e. The highest BCUT2D eigenvalue weighted by Crippen LogP contribution is 2.61. The number of nitrogens with one attached hydrogen (secondary N) is 2. The van der Waals surface area contributed by atoms with E-state index in [1.165, 1.54) is 13.8 Å². The van der Waals surface area contributed by atoms with Gasteiger partial charge in [-0.1, -0.05) is 44.7 Å². The molecule has 1 saturated heterocycles. The summed E-state index contributed by atoms with van der Waals surface area (Å²) in [4.78, 5) is 87.7. The van der Waals surface area contributed by atoms with Crippen LogP contribution in [0.25, 0.3) is 11.2 Å². The number of nitrogens with two attached hydrogens (primary N) is 1. The molecule has 2 amide bonds. The van der Waals surface area contributed by atoms with Crippen LogP contribution in [-0.2, 0) is 50.7 Å². The summed E-state index contributed by atoms with van der Waals surface area (Å²) in [6, 6.07) is 0. The number of carbonyl (C=O) groups is 3. The second-order valence-corrected chi connectivity index (χ2v) is 18.8. The third-order valence-electron chi connectivity index (χ3n) is 8.17. The van der Waals surface area contributed by atoms with E-state index in [1.54, 1.807) is 0 Å². The number of phosphoric ester groups is 3. The van der Waals surface area contributed by atoms with Crippen LogP contribution in [0.3, 0.4) is 0 Å². The van der Waals surface area contributed by atoms with Gasteiger partial charge in [0.1, 0.15) is 36.3 Å². The molecule has 0 aromatic carbocycles. The molecule has 2 aromatic rings. The fourth-order valence-electron chi connectivity index (χ4n) is 5.18. The Hall–Kier alpha value is -2.70. The Labute approximate surface area is 337 Å². The van der Waals surface area contributed by atoms with Crippen molar-refractivity contribution in [3.05, 3.63) is 24.8 Å². The standard InChI is InChI=1S/C30H50N7O17P3S/c1-4-5-6-7-8-9-10-21(39)58-14-13-32-20(38)11-12-33-28(42)25(41)30(2,3)16-51-57(48,49)54-56(46,47)50-15-19-24(53-55(43,44)45)23(40)29(52-19)37-18-36-22-26(31)34-17-35-27(22)37/h5-6,17-19,23-25,29,40-41H,4,7-16H2,1-3H3,(H,32,38)(H,33,42)(H,46,47)(H,48,49)(H2,31,34,35)(H2,43,44,45)/b6-5+. The molecule has 1 aliphatic rings. The van der Waals surface area contributed by atoms with E-state index in [9.17, 15) is 57.9 Å². The van der Waals surface area contributed by atoms with Crippen molar-refractivity contribution in [2.45, 2.75) is 89.9 Å². The van der Waals surface area contributed by atoms with Gasteiger partial charge >= 0.3 is 23.5 Å². The number of imidazole rings is 1. The smallest absolute Gasteiger partial charge is 0.386 e. The lowest BCUT2D eigenvalue weighted by Crippen LogP contribution is -2.46. The highest BCUT2D eigenvalue weighted by molar-refractivity contribution is 8.13. The SMILES string of the molecule is CC/C=C/CCCCC(=O)SCCNC(=O)CCNC(=O)C(O)C(C)(C)COP(=O)(O)OP(=O)(O)OCC1OC(n2cnc3c(N)ncnc32)C(O)C1OP(=O)(O)O. The molecule has 3 heterocycles. The Balaban J connectivity index is 1.44. The van der Waals surface area contributed by atoms with Crippen LogP contribution >= 0.6 is 35.2 Å². The molecule has 7 atom stereocenters. The van der Waals surface area contributed by atoms with Gasteiger partial charge in [-0.05, 0) is 25.7 Å². The van der Waals surface area contributed by atoms with Crippen LogP contribution in [-0.4, -0.2) is 123 Å².